The first-order chi connectivity index (χ1) is 12.7. The van der Waals surface area contributed by atoms with Gasteiger partial charge in [-0.3, -0.25) is 4.79 Å². The van der Waals surface area contributed by atoms with E-state index in [1.807, 2.05) is 25.1 Å². The molecule has 2 aromatic carbocycles. The Morgan fingerprint density at radius 1 is 1.19 bits per heavy atom. The predicted molar refractivity (Wildman–Crippen MR) is 110 cm³/mol. The summed E-state index contributed by atoms with van der Waals surface area (Å²) >= 11 is 1.49. The number of hydrogen-bond acceptors (Lipinski definition) is 5. The minimum Gasteiger partial charge on any atom is -0.495 e. The number of aryl methyl sites for hydroxylation is 1. The van der Waals surface area contributed by atoms with Crippen molar-refractivity contribution in [3.8, 4) is 5.75 Å². The third-order valence-electron chi connectivity index (χ3n) is 3.81. The van der Waals surface area contributed by atoms with E-state index in [4.69, 9.17) is 4.74 Å². The highest BCUT2D eigenvalue weighted by Gasteiger charge is 2.19. The van der Waals surface area contributed by atoms with E-state index in [0.717, 1.165) is 15.6 Å². The number of rotatable bonds is 8. The van der Waals surface area contributed by atoms with Crippen molar-refractivity contribution >= 4 is 33.4 Å². The summed E-state index contributed by atoms with van der Waals surface area (Å²) in [6, 6.07) is 12.5. The smallest absolute Gasteiger partial charge is 0.242 e. The summed E-state index contributed by atoms with van der Waals surface area (Å²) in [7, 11) is 0.790. The fourth-order valence-corrected chi connectivity index (χ4v) is 4.11. The monoisotopic (exact) mass is 408 g/mol. The number of hydrogen-bond donors (Lipinski definition) is 1. The summed E-state index contributed by atoms with van der Waals surface area (Å²) in [4.78, 5) is 12.4. The lowest BCUT2D eigenvalue weighted by Gasteiger charge is -2.15. The van der Waals surface area contributed by atoms with Gasteiger partial charge in [0.2, 0.25) is 15.9 Å². The molecule has 8 heteroatoms. The summed E-state index contributed by atoms with van der Waals surface area (Å²) in [6.07, 6.45) is 0. The molecular weight excluding hydrogens is 384 g/mol. The van der Waals surface area contributed by atoms with E-state index in [1.54, 1.807) is 0 Å². The van der Waals surface area contributed by atoms with Gasteiger partial charge in [0.05, 0.1) is 23.4 Å². The number of methoxy groups -OCH3 is 1. The molecule has 0 spiro atoms. The van der Waals surface area contributed by atoms with Crippen molar-refractivity contribution in [1.82, 2.24) is 4.31 Å². The Morgan fingerprint density at radius 2 is 1.93 bits per heavy atom. The lowest BCUT2D eigenvalue weighted by atomic mass is 10.2. The minimum atomic E-state index is -3.60. The van der Waals surface area contributed by atoms with Gasteiger partial charge in [0.1, 0.15) is 5.75 Å². The van der Waals surface area contributed by atoms with Gasteiger partial charge in [0, 0.05) is 19.8 Å². The van der Waals surface area contributed by atoms with Gasteiger partial charge < -0.3 is 10.1 Å². The molecular formula is C19H24N2O4S2. The second-order valence-corrected chi connectivity index (χ2v) is 9.32. The third-order valence-corrected chi connectivity index (χ3v) is 6.62. The highest BCUT2D eigenvalue weighted by molar-refractivity contribution is 7.99. The van der Waals surface area contributed by atoms with Crippen molar-refractivity contribution in [2.75, 3.05) is 32.3 Å². The maximum atomic E-state index is 12.3. The Balaban J connectivity index is 2.05. The molecule has 0 aliphatic rings. The Morgan fingerprint density at radius 3 is 2.56 bits per heavy atom. The lowest BCUT2D eigenvalue weighted by molar-refractivity contribution is -0.113. The maximum Gasteiger partial charge on any atom is 0.242 e. The second-order valence-electron chi connectivity index (χ2n) is 6.18. The van der Waals surface area contributed by atoms with Crippen LogP contribution in [-0.4, -0.2) is 45.6 Å². The van der Waals surface area contributed by atoms with Gasteiger partial charge in [0.15, 0.2) is 0 Å². The molecule has 2 aromatic rings. The largest absolute Gasteiger partial charge is 0.495 e. The molecule has 0 unspecified atom stereocenters. The first-order valence-electron chi connectivity index (χ1n) is 8.27. The number of amides is 1. The minimum absolute atomic E-state index is 0.0935. The van der Waals surface area contributed by atoms with Crippen LogP contribution in [0.3, 0.4) is 0 Å². The van der Waals surface area contributed by atoms with Crippen LogP contribution >= 0.6 is 11.8 Å². The highest BCUT2D eigenvalue weighted by atomic mass is 32.2. The zero-order valence-electron chi connectivity index (χ0n) is 15.9. The van der Waals surface area contributed by atoms with Crippen LogP contribution in [0.1, 0.15) is 11.1 Å². The lowest BCUT2D eigenvalue weighted by Crippen LogP contribution is -2.22. The first-order valence-corrected chi connectivity index (χ1v) is 10.9. The zero-order valence-corrected chi connectivity index (χ0v) is 17.5. The SMILES string of the molecule is COc1ccc(S(=O)(=O)N(C)C)cc1NC(=O)CSCc1cccc(C)c1. The van der Waals surface area contributed by atoms with E-state index >= 15 is 0 Å². The number of thioether (sulfide) groups is 1. The molecule has 0 aliphatic carbocycles. The average molecular weight is 409 g/mol. The third kappa shape index (κ3) is 5.72. The van der Waals surface area contributed by atoms with Crippen molar-refractivity contribution in [1.29, 1.82) is 0 Å². The number of benzene rings is 2. The average Bonchev–Trinajstić information content (AvgIpc) is 2.61. The number of sulfonamides is 1. The van der Waals surface area contributed by atoms with Crippen molar-refractivity contribution < 1.29 is 17.9 Å². The van der Waals surface area contributed by atoms with E-state index in [-0.39, 0.29) is 16.6 Å². The molecule has 0 radical (unpaired) electrons. The fraction of sp³-hybridized carbons (Fsp3) is 0.316. The zero-order chi connectivity index (χ0) is 20.0. The molecule has 0 saturated heterocycles. The van der Waals surface area contributed by atoms with Gasteiger partial charge in [-0.15, -0.1) is 11.8 Å². The quantitative estimate of drug-likeness (QED) is 0.726. The summed E-state index contributed by atoms with van der Waals surface area (Å²) in [5, 5.41) is 2.74. The molecule has 0 bridgehead atoms. The van der Waals surface area contributed by atoms with Gasteiger partial charge in [-0.2, -0.15) is 0 Å². The van der Waals surface area contributed by atoms with Crippen LogP contribution in [0, 0.1) is 6.92 Å². The number of nitrogens with zero attached hydrogens (tertiary/aromatic N) is 1. The Hall–Kier alpha value is -2.03. The predicted octanol–water partition coefficient (Wildman–Crippen LogP) is 3.13. The van der Waals surface area contributed by atoms with Crippen LogP contribution in [0.25, 0.3) is 0 Å². The van der Waals surface area contributed by atoms with Crippen LogP contribution in [0.5, 0.6) is 5.75 Å². The van der Waals surface area contributed by atoms with Crippen LogP contribution in [-0.2, 0) is 20.6 Å². The summed E-state index contributed by atoms with van der Waals surface area (Å²) < 4.78 is 30.9. The molecule has 1 amide bonds. The summed E-state index contributed by atoms with van der Waals surface area (Å²) in [5.41, 5.74) is 2.67. The van der Waals surface area contributed by atoms with Crippen LogP contribution in [0.15, 0.2) is 47.4 Å². The van der Waals surface area contributed by atoms with Crippen molar-refractivity contribution in [2.45, 2.75) is 17.6 Å². The van der Waals surface area contributed by atoms with Crippen molar-refractivity contribution in [2.24, 2.45) is 0 Å². The fourth-order valence-electron chi connectivity index (χ4n) is 2.41. The van der Waals surface area contributed by atoms with E-state index in [9.17, 15) is 13.2 Å². The van der Waals surface area contributed by atoms with Crippen LogP contribution < -0.4 is 10.1 Å². The van der Waals surface area contributed by atoms with Crippen LogP contribution in [0.2, 0.25) is 0 Å². The normalized spacial score (nSPS) is 11.4. The van der Waals surface area contributed by atoms with Gasteiger partial charge >= 0.3 is 0 Å². The number of nitrogens with one attached hydrogen (secondary N) is 1. The van der Waals surface area contributed by atoms with Gasteiger partial charge in [-0.25, -0.2) is 12.7 Å². The Labute approximate surface area is 165 Å². The van der Waals surface area contributed by atoms with Crippen molar-refractivity contribution in [3.05, 3.63) is 53.6 Å². The molecule has 0 saturated carbocycles. The molecule has 1 N–H and O–H groups in total. The second kappa shape index (κ2) is 9.25. The van der Waals surface area contributed by atoms with E-state index < -0.39 is 10.0 Å². The Kier molecular flexibility index (Phi) is 7.29. The van der Waals surface area contributed by atoms with Crippen molar-refractivity contribution in [3.63, 3.8) is 0 Å². The molecule has 27 heavy (non-hydrogen) atoms. The van der Waals surface area contributed by atoms with Crippen LogP contribution in [0.4, 0.5) is 5.69 Å². The number of ether oxygens (including phenoxy) is 1. The molecule has 6 nitrogen and oxygen atoms in total. The molecule has 0 heterocycles. The van der Waals surface area contributed by atoms with E-state index in [1.165, 1.54) is 56.7 Å². The van der Waals surface area contributed by atoms with Gasteiger partial charge in [-0.1, -0.05) is 29.8 Å². The maximum absolute atomic E-state index is 12.3. The Bertz CT molecular complexity index is 912. The molecule has 146 valence electrons. The summed E-state index contributed by atoms with van der Waals surface area (Å²) in [5.74, 6) is 1.17. The molecule has 0 aliphatic heterocycles. The number of carbonyl (C=O) groups is 1. The molecule has 0 atom stereocenters. The van der Waals surface area contributed by atoms with Gasteiger partial charge in [0.25, 0.3) is 0 Å². The van der Waals surface area contributed by atoms with E-state index in [0.29, 0.717) is 11.4 Å². The molecule has 2 rings (SSSR count). The highest BCUT2D eigenvalue weighted by Crippen LogP contribution is 2.28. The standard InChI is InChI=1S/C19H24N2O4S2/c1-14-6-5-7-15(10-14)12-26-13-19(22)20-17-11-16(8-9-18(17)25-4)27(23,24)21(2)3/h5-11H,12-13H2,1-4H3,(H,20,22). The topological polar surface area (TPSA) is 75.7 Å². The molecule has 0 aromatic heterocycles. The summed E-state index contributed by atoms with van der Waals surface area (Å²) in [6.45, 7) is 2.03. The number of carbonyl (C=O) groups excluding carboxylic acids is 1. The number of anilines is 1. The first kappa shape index (κ1) is 21.3. The molecule has 0 fully saturated rings. The van der Waals surface area contributed by atoms with E-state index in [2.05, 4.69) is 11.4 Å². The van der Waals surface area contributed by atoms with Gasteiger partial charge in [-0.05, 0) is 30.7 Å².